The smallest absolute Gasteiger partial charge is 0.219 e. The third-order valence-electron chi connectivity index (χ3n) is 4.03. The summed E-state index contributed by atoms with van der Waals surface area (Å²) in [7, 11) is 0. The fourth-order valence-corrected chi connectivity index (χ4v) is 3.18. The van der Waals surface area contributed by atoms with Crippen LogP contribution >= 0.6 is 15.9 Å². The minimum absolute atomic E-state index is 0.171. The number of carbonyl (C=O) groups is 1. The van der Waals surface area contributed by atoms with Crippen LogP contribution in [0, 0.1) is 0 Å². The molecular formula is C16H24BrN3O. The van der Waals surface area contributed by atoms with Gasteiger partial charge in [0.1, 0.15) is 0 Å². The van der Waals surface area contributed by atoms with E-state index >= 15 is 0 Å². The zero-order valence-corrected chi connectivity index (χ0v) is 14.6. The Morgan fingerprint density at radius 3 is 2.57 bits per heavy atom. The summed E-state index contributed by atoms with van der Waals surface area (Å²) in [4.78, 5) is 15.7. The monoisotopic (exact) mass is 353 g/mol. The number of hydrogen-bond acceptors (Lipinski definition) is 3. The molecule has 0 spiro atoms. The molecule has 4 nitrogen and oxygen atoms in total. The van der Waals surface area contributed by atoms with Gasteiger partial charge in [-0.05, 0) is 31.2 Å². The van der Waals surface area contributed by atoms with E-state index in [9.17, 15) is 4.79 Å². The average Bonchev–Trinajstić information content (AvgIpc) is 2.47. The lowest BCUT2D eigenvalue weighted by Crippen LogP contribution is -2.48. The summed E-state index contributed by atoms with van der Waals surface area (Å²) in [6.07, 6.45) is 0. The normalized spacial score (nSPS) is 17.0. The second-order valence-electron chi connectivity index (χ2n) is 5.48. The van der Waals surface area contributed by atoms with Gasteiger partial charge in [-0.2, -0.15) is 0 Å². The van der Waals surface area contributed by atoms with Crippen molar-refractivity contribution < 1.29 is 4.79 Å². The predicted octanol–water partition coefficient (Wildman–Crippen LogP) is 2.79. The van der Waals surface area contributed by atoms with Crippen molar-refractivity contribution in [1.82, 2.24) is 10.2 Å². The van der Waals surface area contributed by atoms with Crippen LogP contribution in [0.15, 0.2) is 22.7 Å². The Bertz CT molecular complexity index is 498. The van der Waals surface area contributed by atoms with Gasteiger partial charge in [-0.25, -0.2) is 0 Å². The molecule has 2 rings (SSSR count). The van der Waals surface area contributed by atoms with Gasteiger partial charge in [0.05, 0.1) is 0 Å². The third kappa shape index (κ3) is 3.98. The van der Waals surface area contributed by atoms with E-state index < -0.39 is 0 Å². The minimum atomic E-state index is 0.171. The summed E-state index contributed by atoms with van der Waals surface area (Å²) in [6, 6.07) is 6.79. The summed E-state index contributed by atoms with van der Waals surface area (Å²) in [5, 5.41) is 3.48. The molecule has 0 saturated carbocycles. The number of nitrogens with one attached hydrogen (secondary N) is 1. The zero-order chi connectivity index (χ0) is 15.4. The minimum Gasteiger partial charge on any atom is -0.368 e. The number of anilines is 1. The van der Waals surface area contributed by atoms with Crippen LogP contribution in [-0.4, -0.2) is 43.5 Å². The van der Waals surface area contributed by atoms with Crippen LogP contribution in [-0.2, 0) is 4.79 Å². The Morgan fingerprint density at radius 2 is 2.00 bits per heavy atom. The number of halogens is 1. The maximum absolute atomic E-state index is 11.4. The predicted molar refractivity (Wildman–Crippen MR) is 90.7 cm³/mol. The van der Waals surface area contributed by atoms with Crippen molar-refractivity contribution in [2.75, 3.05) is 37.6 Å². The number of rotatable bonds is 4. The molecule has 0 aromatic heterocycles. The van der Waals surface area contributed by atoms with Crippen molar-refractivity contribution in [1.29, 1.82) is 0 Å². The van der Waals surface area contributed by atoms with E-state index in [4.69, 9.17) is 0 Å². The summed E-state index contributed by atoms with van der Waals surface area (Å²) in [5.74, 6) is 0.171. The molecule has 21 heavy (non-hydrogen) atoms. The topological polar surface area (TPSA) is 35.6 Å². The number of benzene rings is 1. The van der Waals surface area contributed by atoms with Crippen LogP contribution in [0.3, 0.4) is 0 Å². The van der Waals surface area contributed by atoms with E-state index in [1.54, 1.807) is 6.92 Å². The summed E-state index contributed by atoms with van der Waals surface area (Å²) in [5.41, 5.74) is 2.58. The maximum Gasteiger partial charge on any atom is 0.219 e. The molecule has 1 N–H and O–H groups in total. The number of piperazine rings is 1. The molecule has 1 unspecified atom stereocenters. The van der Waals surface area contributed by atoms with Crippen LogP contribution in [0.2, 0.25) is 0 Å². The van der Waals surface area contributed by atoms with Crippen LogP contribution in [0.25, 0.3) is 0 Å². The van der Waals surface area contributed by atoms with Crippen molar-refractivity contribution in [3.63, 3.8) is 0 Å². The van der Waals surface area contributed by atoms with E-state index in [0.717, 1.165) is 37.2 Å². The Hall–Kier alpha value is -1.07. The molecule has 1 aromatic rings. The molecule has 1 amide bonds. The Kier molecular flexibility index (Phi) is 5.65. The van der Waals surface area contributed by atoms with Crippen molar-refractivity contribution in [2.45, 2.75) is 26.8 Å². The SMILES string of the molecule is CCNC(C)c1ccc(Br)cc1N1CCN(C(C)=O)CC1. The standard InChI is InChI=1S/C16H24BrN3O/c1-4-18-12(2)15-6-5-14(17)11-16(15)20-9-7-19(8-10-20)13(3)21/h5-6,11-12,18H,4,7-10H2,1-3H3. The fourth-order valence-electron chi connectivity index (χ4n) is 2.84. The van der Waals surface area contributed by atoms with Crippen molar-refractivity contribution >= 4 is 27.5 Å². The van der Waals surface area contributed by atoms with E-state index in [0.29, 0.717) is 6.04 Å². The van der Waals surface area contributed by atoms with Gasteiger partial charge in [0.15, 0.2) is 0 Å². The summed E-state index contributed by atoms with van der Waals surface area (Å²) in [6.45, 7) is 10.3. The first kappa shape index (κ1) is 16.3. The van der Waals surface area contributed by atoms with Gasteiger partial charge in [-0.1, -0.05) is 28.9 Å². The highest BCUT2D eigenvalue weighted by atomic mass is 79.9. The third-order valence-corrected chi connectivity index (χ3v) is 4.53. The van der Waals surface area contributed by atoms with Crippen LogP contribution in [0.5, 0.6) is 0 Å². The van der Waals surface area contributed by atoms with Gasteiger partial charge in [0, 0.05) is 49.3 Å². The molecule has 5 heteroatoms. The molecule has 0 radical (unpaired) electrons. The number of hydrogen-bond donors (Lipinski definition) is 1. The molecule has 1 fully saturated rings. The lowest BCUT2D eigenvalue weighted by Gasteiger charge is -2.37. The highest BCUT2D eigenvalue weighted by molar-refractivity contribution is 9.10. The van der Waals surface area contributed by atoms with Gasteiger partial charge in [0.2, 0.25) is 5.91 Å². The number of amides is 1. The first-order chi connectivity index (χ1) is 10.0. The Balaban J connectivity index is 2.19. The lowest BCUT2D eigenvalue weighted by molar-refractivity contribution is -0.129. The molecule has 1 aliphatic heterocycles. The van der Waals surface area contributed by atoms with E-state index in [1.165, 1.54) is 11.3 Å². The highest BCUT2D eigenvalue weighted by Crippen LogP contribution is 2.30. The first-order valence-electron chi connectivity index (χ1n) is 7.56. The molecule has 0 aliphatic carbocycles. The molecule has 1 saturated heterocycles. The van der Waals surface area contributed by atoms with Crippen molar-refractivity contribution in [2.24, 2.45) is 0 Å². The summed E-state index contributed by atoms with van der Waals surface area (Å²) < 4.78 is 1.10. The Morgan fingerprint density at radius 1 is 1.33 bits per heavy atom. The van der Waals surface area contributed by atoms with Gasteiger partial charge in [-0.15, -0.1) is 0 Å². The molecule has 1 aliphatic rings. The molecule has 116 valence electrons. The van der Waals surface area contributed by atoms with E-state index in [2.05, 4.69) is 58.2 Å². The second-order valence-corrected chi connectivity index (χ2v) is 6.39. The molecular weight excluding hydrogens is 330 g/mol. The Labute approximate surface area is 135 Å². The number of carbonyl (C=O) groups excluding carboxylic acids is 1. The quantitative estimate of drug-likeness (QED) is 0.903. The second kappa shape index (κ2) is 7.27. The van der Waals surface area contributed by atoms with Gasteiger partial charge in [-0.3, -0.25) is 4.79 Å². The first-order valence-corrected chi connectivity index (χ1v) is 8.35. The molecule has 1 aromatic carbocycles. The average molecular weight is 354 g/mol. The van der Waals surface area contributed by atoms with Gasteiger partial charge in [0.25, 0.3) is 0 Å². The zero-order valence-electron chi connectivity index (χ0n) is 13.0. The molecule has 1 heterocycles. The van der Waals surface area contributed by atoms with Crippen molar-refractivity contribution in [3.05, 3.63) is 28.2 Å². The van der Waals surface area contributed by atoms with Gasteiger partial charge >= 0.3 is 0 Å². The number of nitrogens with zero attached hydrogens (tertiary/aromatic N) is 2. The maximum atomic E-state index is 11.4. The highest BCUT2D eigenvalue weighted by Gasteiger charge is 2.22. The van der Waals surface area contributed by atoms with Gasteiger partial charge < -0.3 is 15.1 Å². The molecule has 1 atom stereocenters. The molecule has 0 bridgehead atoms. The lowest BCUT2D eigenvalue weighted by atomic mass is 10.0. The fraction of sp³-hybridized carbons (Fsp3) is 0.562. The van der Waals surface area contributed by atoms with E-state index in [1.807, 2.05) is 4.90 Å². The van der Waals surface area contributed by atoms with Crippen molar-refractivity contribution in [3.8, 4) is 0 Å². The summed E-state index contributed by atoms with van der Waals surface area (Å²) >= 11 is 3.57. The van der Waals surface area contributed by atoms with Crippen LogP contribution in [0.4, 0.5) is 5.69 Å². The van der Waals surface area contributed by atoms with Crippen LogP contribution in [0.1, 0.15) is 32.4 Å². The van der Waals surface area contributed by atoms with Crippen LogP contribution < -0.4 is 10.2 Å². The largest absolute Gasteiger partial charge is 0.368 e. The van der Waals surface area contributed by atoms with E-state index in [-0.39, 0.29) is 5.91 Å².